The number of carboxylic acid groups (broad SMARTS) is 1. The highest BCUT2D eigenvalue weighted by Crippen LogP contribution is 2.52. The van der Waals surface area contributed by atoms with Gasteiger partial charge in [-0.2, -0.15) is 17.5 Å². The van der Waals surface area contributed by atoms with E-state index in [4.69, 9.17) is 0 Å². The lowest BCUT2D eigenvalue weighted by Gasteiger charge is -2.44. The zero-order chi connectivity index (χ0) is 29.1. The predicted molar refractivity (Wildman–Crippen MR) is 137 cm³/mol. The Kier molecular flexibility index (Phi) is 6.81. The van der Waals surface area contributed by atoms with Gasteiger partial charge in [-0.25, -0.2) is 22.0 Å². The summed E-state index contributed by atoms with van der Waals surface area (Å²) in [5.41, 5.74) is -3.11. The summed E-state index contributed by atoms with van der Waals surface area (Å²) in [5.74, 6) is -1.64. The van der Waals surface area contributed by atoms with Gasteiger partial charge < -0.3 is 5.11 Å². The number of aryl methyl sites for hydroxylation is 1. The molecule has 3 aromatic carbocycles. The van der Waals surface area contributed by atoms with Crippen LogP contribution in [-0.4, -0.2) is 42.6 Å². The average Bonchev–Trinajstić information content (AvgIpc) is 3.29. The second-order valence-electron chi connectivity index (χ2n) is 10.6. The number of hydrogen-bond donors (Lipinski definition) is 1. The summed E-state index contributed by atoms with van der Waals surface area (Å²) in [4.78, 5) is 11.2. The van der Waals surface area contributed by atoms with Gasteiger partial charge in [0, 0.05) is 18.0 Å². The maximum Gasteiger partial charge on any atom is 0.426 e. The van der Waals surface area contributed by atoms with E-state index in [2.05, 4.69) is 0 Å². The first-order chi connectivity index (χ1) is 18.7. The molecule has 0 radical (unpaired) electrons. The van der Waals surface area contributed by atoms with Gasteiger partial charge >= 0.3 is 12.1 Å². The van der Waals surface area contributed by atoms with Gasteiger partial charge in [0.15, 0.2) is 0 Å². The zero-order valence-corrected chi connectivity index (χ0v) is 22.2. The molecule has 0 amide bonds. The van der Waals surface area contributed by atoms with Crippen molar-refractivity contribution in [2.45, 2.75) is 60.8 Å². The number of hydrogen-bond acceptors (Lipinski definition) is 3. The summed E-state index contributed by atoms with van der Waals surface area (Å²) < 4.78 is 97.8. The Labute approximate surface area is 228 Å². The van der Waals surface area contributed by atoms with Crippen molar-refractivity contribution in [1.82, 2.24) is 4.31 Å². The van der Waals surface area contributed by atoms with Crippen LogP contribution in [0.1, 0.15) is 52.4 Å². The number of fused-ring (bicyclic) bond motifs is 3. The summed E-state index contributed by atoms with van der Waals surface area (Å²) in [5, 5.41) is 9.17. The average molecular weight is 580 g/mol. The highest BCUT2D eigenvalue weighted by Gasteiger charge is 2.56. The van der Waals surface area contributed by atoms with Crippen LogP contribution in [0.3, 0.4) is 0 Å². The number of rotatable bonds is 6. The van der Waals surface area contributed by atoms with Gasteiger partial charge in [-0.1, -0.05) is 30.3 Å². The van der Waals surface area contributed by atoms with Crippen LogP contribution < -0.4 is 0 Å². The van der Waals surface area contributed by atoms with Gasteiger partial charge in [-0.3, -0.25) is 0 Å². The molecule has 1 heterocycles. The van der Waals surface area contributed by atoms with Gasteiger partial charge in [-0.05, 0) is 91.3 Å². The van der Waals surface area contributed by atoms with Crippen LogP contribution >= 0.6 is 0 Å². The van der Waals surface area contributed by atoms with E-state index in [0.29, 0.717) is 30.9 Å². The molecule has 2 aliphatic rings. The van der Waals surface area contributed by atoms with Crippen LogP contribution in [0.4, 0.5) is 22.0 Å². The second kappa shape index (κ2) is 9.66. The molecular formula is C29H26F5NO4S. The van der Waals surface area contributed by atoms with E-state index in [-0.39, 0.29) is 29.8 Å². The highest BCUT2D eigenvalue weighted by atomic mass is 32.2. The summed E-state index contributed by atoms with van der Waals surface area (Å²) in [6, 6.07) is 13.9. The normalized spacial score (nSPS) is 22.8. The first-order valence-electron chi connectivity index (χ1n) is 12.7. The lowest BCUT2D eigenvalue weighted by atomic mass is 9.63. The van der Waals surface area contributed by atoms with Crippen LogP contribution in [0, 0.1) is 5.82 Å². The molecule has 0 spiro atoms. The van der Waals surface area contributed by atoms with Crippen LogP contribution in [0.5, 0.6) is 0 Å². The number of alkyl halides is 4. The first-order valence-corrected chi connectivity index (χ1v) is 14.1. The Bertz CT molecular complexity index is 1550. The molecule has 3 aromatic rings. The smallest absolute Gasteiger partial charge is 0.426 e. The van der Waals surface area contributed by atoms with Crippen molar-refractivity contribution in [3.05, 3.63) is 100 Å². The van der Waals surface area contributed by atoms with Crippen molar-refractivity contribution in [3.8, 4) is 0 Å². The number of halogens is 5. The number of benzene rings is 3. The highest BCUT2D eigenvalue weighted by molar-refractivity contribution is 7.89. The molecule has 0 bridgehead atoms. The van der Waals surface area contributed by atoms with Crippen LogP contribution in [0.2, 0.25) is 0 Å². The van der Waals surface area contributed by atoms with Crippen molar-refractivity contribution >= 4 is 16.0 Å². The lowest BCUT2D eigenvalue weighted by Crippen LogP contribution is -2.49. The Balaban J connectivity index is 1.59. The summed E-state index contributed by atoms with van der Waals surface area (Å²) in [6.45, 7) is 0.591. The molecule has 1 aliphatic heterocycles. The minimum atomic E-state index is -5.11. The maximum absolute atomic E-state index is 14.8. The third kappa shape index (κ3) is 4.58. The Morgan fingerprint density at radius 2 is 1.68 bits per heavy atom. The molecule has 1 aliphatic carbocycles. The minimum absolute atomic E-state index is 0.0628. The van der Waals surface area contributed by atoms with E-state index in [1.54, 1.807) is 12.1 Å². The SMILES string of the molecule is CC(F)(c1ccc2c(c1)CC[C@H]1N(S(=O)(=O)c3ccc(C(=O)O)cc3)CC[C@@]21Cc1ccc(F)cc1)C(F)(F)F. The lowest BCUT2D eigenvalue weighted by molar-refractivity contribution is -0.228. The van der Waals surface area contributed by atoms with Gasteiger partial charge in [0.2, 0.25) is 15.7 Å². The monoisotopic (exact) mass is 579 g/mol. The van der Waals surface area contributed by atoms with Gasteiger partial charge in [0.1, 0.15) is 5.82 Å². The molecule has 1 N–H and O–H groups in total. The Morgan fingerprint density at radius 3 is 2.27 bits per heavy atom. The molecule has 0 saturated carbocycles. The molecule has 1 fully saturated rings. The quantitative estimate of drug-likeness (QED) is 0.355. The molecular weight excluding hydrogens is 553 g/mol. The molecule has 1 unspecified atom stereocenters. The second-order valence-corrected chi connectivity index (χ2v) is 12.5. The van der Waals surface area contributed by atoms with Crippen LogP contribution in [0.25, 0.3) is 0 Å². The van der Waals surface area contributed by atoms with Gasteiger partial charge in [0.05, 0.1) is 10.5 Å². The van der Waals surface area contributed by atoms with E-state index in [9.17, 15) is 40.3 Å². The third-order valence-electron chi connectivity index (χ3n) is 8.31. The molecule has 0 aromatic heterocycles. The molecule has 5 nitrogen and oxygen atoms in total. The number of sulfonamides is 1. The number of carbonyl (C=O) groups is 1. The van der Waals surface area contributed by atoms with E-state index >= 15 is 0 Å². The van der Waals surface area contributed by atoms with Gasteiger partial charge in [-0.15, -0.1) is 0 Å². The topological polar surface area (TPSA) is 74.7 Å². The summed E-state index contributed by atoms with van der Waals surface area (Å²) in [6.07, 6.45) is -3.98. The van der Waals surface area contributed by atoms with E-state index in [0.717, 1.165) is 11.6 Å². The third-order valence-corrected chi connectivity index (χ3v) is 10.2. The fourth-order valence-electron chi connectivity index (χ4n) is 6.14. The Hall–Kier alpha value is -3.31. The molecule has 1 saturated heterocycles. The molecule has 11 heteroatoms. The fraction of sp³-hybridized carbons (Fsp3) is 0.345. The van der Waals surface area contributed by atoms with E-state index in [1.165, 1.54) is 52.8 Å². The van der Waals surface area contributed by atoms with Gasteiger partial charge in [0.25, 0.3) is 0 Å². The summed E-state index contributed by atoms with van der Waals surface area (Å²) in [7, 11) is -4.07. The predicted octanol–water partition coefficient (Wildman–Crippen LogP) is 6.16. The van der Waals surface area contributed by atoms with Crippen LogP contribution in [-0.2, 0) is 33.9 Å². The largest absolute Gasteiger partial charge is 0.478 e. The van der Waals surface area contributed by atoms with Crippen molar-refractivity contribution in [2.24, 2.45) is 0 Å². The van der Waals surface area contributed by atoms with Crippen molar-refractivity contribution in [3.63, 3.8) is 0 Å². The minimum Gasteiger partial charge on any atom is -0.478 e. The zero-order valence-electron chi connectivity index (χ0n) is 21.4. The van der Waals surface area contributed by atoms with Crippen molar-refractivity contribution in [1.29, 1.82) is 0 Å². The van der Waals surface area contributed by atoms with Crippen molar-refractivity contribution < 1.29 is 40.3 Å². The fourth-order valence-corrected chi connectivity index (χ4v) is 7.86. The Morgan fingerprint density at radius 1 is 1.02 bits per heavy atom. The molecule has 212 valence electrons. The first kappa shape index (κ1) is 28.2. The summed E-state index contributed by atoms with van der Waals surface area (Å²) >= 11 is 0. The number of carboxylic acids is 1. The molecule has 5 rings (SSSR count). The standard InChI is InChI=1S/C29H26F5NO4S/c1-27(31,29(32,33)34)21-7-12-24-20(16-21)6-13-25-28(24,17-18-2-8-22(30)9-3-18)14-15-35(25)40(38,39)23-10-4-19(5-11-23)26(36)37/h2-5,7-12,16,25H,6,13-15,17H2,1H3,(H,36,37)/t25-,27?,28-/m1/s1. The molecule has 40 heavy (non-hydrogen) atoms. The van der Waals surface area contributed by atoms with E-state index < -0.39 is 50.7 Å². The number of aromatic carboxylic acids is 1. The van der Waals surface area contributed by atoms with E-state index in [1.807, 2.05) is 0 Å². The maximum atomic E-state index is 14.8. The molecule has 3 atom stereocenters. The number of nitrogens with zero attached hydrogens (tertiary/aromatic N) is 1. The van der Waals surface area contributed by atoms with Crippen LogP contribution in [0.15, 0.2) is 71.6 Å². The van der Waals surface area contributed by atoms with Crippen molar-refractivity contribution in [2.75, 3.05) is 6.54 Å².